The van der Waals surface area contributed by atoms with Crippen LogP contribution in [0.15, 0.2) is 75.1 Å². The molecule has 1 atom stereocenters. The Hall–Kier alpha value is -5.68. The molecule has 17 heteroatoms. The van der Waals surface area contributed by atoms with E-state index in [9.17, 15) is 42.6 Å². The maximum absolute atomic E-state index is 15.1. The summed E-state index contributed by atoms with van der Waals surface area (Å²) < 4.78 is 60.1. The first-order valence-corrected chi connectivity index (χ1v) is 16.7. The van der Waals surface area contributed by atoms with Gasteiger partial charge in [-0.05, 0) is 75.7 Å². The zero-order chi connectivity index (χ0) is 38.0. The standard InChI is InChI=1S/C34H35F2N5O9S/c1-18-19(2)40(5)33(48)41(30(18)44)22-10-6-20(7-11-22)14-28(31(45)46)38-29(43)24-15-26(36)27(16-25(24)35)39-51(49,50)23-12-8-21(9-13-23)37-32(47)34(3,4)17-42/h6-13,15-16,28,39,42H,14,17H2,1-5H3,(H,37,47)(H,38,43)(H,45,46)/t28-/m0/s1. The van der Waals surface area contributed by atoms with Crippen LogP contribution in [0.1, 0.15) is 41.0 Å². The van der Waals surface area contributed by atoms with Gasteiger partial charge in [-0.25, -0.2) is 31.4 Å². The zero-order valence-electron chi connectivity index (χ0n) is 28.1. The molecule has 4 aromatic rings. The normalized spacial score (nSPS) is 12.2. The van der Waals surface area contributed by atoms with Crippen LogP contribution < -0.4 is 26.6 Å². The Morgan fingerprint density at radius 3 is 2.12 bits per heavy atom. The Morgan fingerprint density at radius 1 is 0.941 bits per heavy atom. The number of nitrogens with one attached hydrogen (secondary N) is 3. The molecule has 1 heterocycles. The average molecular weight is 728 g/mol. The summed E-state index contributed by atoms with van der Waals surface area (Å²) in [7, 11) is -2.97. The Balaban J connectivity index is 1.48. The lowest BCUT2D eigenvalue weighted by Gasteiger charge is -2.20. The molecule has 0 saturated carbocycles. The summed E-state index contributed by atoms with van der Waals surface area (Å²) in [6.45, 7) is 5.79. The molecule has 0 aliphatic carbocycles. The van der Waals surface area contributed by atoms with E-state index in [-0.39, 0.29) is 22.7 Å². The maximum atomic E-state index is 15.1. The van der Waals surface area contributed by atoms with Crippen LogP contribution in [0.5, 0.6) is 0 Å². The molecule has 0 aliphatic rings. The van der Waals surface area contributed by atoms with E-state index < -0.39 is 80.0 Å². The first-order valence-electron chi connectivity index (χ1n) is 15.2. The van der Waals surface area contributed by atoms with E-state index in [1.165, 1.54) is 61.9 Å². The van der Waals surface area contributed by atoms with Crippen molar-refractivity contribution in [1.82, 2.24) is 14.5 Å². The molecule has 4 rings (SSSR count). The highest BCUT2D eigenvalue weighted by atomic mass is 32.2. The topological polar surface area (TPSA) is 206 Å². The number of aliphatic hydroxyl groups is 1. The van der Waals surface area contributed by atoms with E-state index in [1.807, 2.05) is 4.72 Å². The number of anilines is 2. The molecule has 5 N–H and O–H groups in total. The molecule has 0 bridgehead atoms. The van der Waals surface area contributed by atoms with Gasteiger partial charge in [-0.1, -0.05) is 12.1 Å². The molecule has 0 unspecified atom stereocenters. The van der Waals surface area contributed by atoms with Gasteiger partial charge in [0.15, 0.2) is 0 Å². The van der Waals surface area contributed by atoms with E-state index in [1.54, 1.807) is 13.8 Å². The molecule has 51 heavy (non-hydrogen) atoms. The average Bonchev–Trinajstić information content (AvgIpc) is 3.08. The molecule has 0 fully saturated rings. The number of carboxylic acids is 1. The number of nitrogens with zero attached hydrogens (tertiary/aromatic N) is 2. The van der Waals surface area contributed by atoms with E-state index in [0.717, 1.165) is 16.7 Å². The van der Waals surface area contributed by atoms with Crippen molar-refractivity contribution in [3.8, 4) is 5.69 Å². The summed E-state index contributed by atoms with van der Waals surface area (Å²) >= 11 is 0. The fraction of sp³-hybridized carbons (Fsp3) is 0.265. The van der Waals surface area contributed by atoms with Gasteiger partial charge in [-0.15, -0.1) is 0 Å². The van der Waals surface area contributed by atoms with Gasteiger partial charge in [0.2, 0.25) is 5.91 Å². The minimum Gasteiger partial charge on any atom is -0.480 e. The molecule has 3 aromatic carbocycles. The molecule has 0 saturated heterocycles. The van der Waals surface area contributed by atoms with Gasteiger partial charge in [0.05, 0.1) is 33.9 Å². The third kappa shape index (κ3) is 8.21. The Bertz CT molecular complexity index is 2210. The number of halogens is 2. The van der Waals surface area contributed by atoms with Crippen LogP contribution in [0.2, 0.25) is 0 Å². The van der Waals surface area contributed by atoms with Crippen molar-refractivity contribution in [2.24, 2.45) is 12.5 Å². The van der Waals surface area contributed by atoms with E-state index in [4.69, 9.17) is 0 Å². The lowest BCUT2D eigenvalue weighted by atomic mass is 9.93. The fourth-order valence-corrected chi connectivity index (χ4v) is 5.79. The van der Waals surface area contributed by atoms with Crippen LogP contribution in [0.4, 0.5) is 20.2 Å². The summed E-state index contributed by atoms with van der Waals surface area (Å²) in [6, 6.07) is 9.68. The summed E-state index contributed by atoms with van der Waals surface area (Å²) in [6.07, 6.45) is -0.315. The van der Waals surface area contributed by atoms with Gasteiger partial charge in [-0.3, -0.25) is 19.1 Å². The third-order valence-electron chi connectivity index (χ3n) is 8.26. The molecular weight excluding hydrogens is 692 g/mol. The molecule has 0 radical (unpaired) electrons. The Labute approximate surface area is 290 Å². The van der Waals surface area contributed by atoms with Crippen molar-refractivity contribution in [3.63, 3.8) is 0 Å². The van der Waals surface area contributed by atoms with Gasteiger partial charge in [-0.2, -0.15) is 0 Å². The van der Waals surface area contributed by atoms with Gasteiger partial charge in [0.1, 0.15) is 17.7 Å². The Kier molecular flexibility index (Phi) is 11.0. The van der Waals surface area contributed by atoms with E-state index >= 15 is 8.78 Å². The maximum Gasteiger partial charge on any atom is 0.335 e. The summed E-state index contributed by atoms with van der Waals surface area (Å²) in [5, 5.41) is 23.7. The minimum absolute atomic E-state index is 0.214. The van der Waals surface area contributed by atoms with Crippen molar-refractivity contribution >= 4 is 39.2 Å². The number of aliphatic carboxylic acids is 1. The Morgan fingerprint density at radius 2 is 1.55 bits per heavy atom. The monoisotopic (exact) mass is 727 g/mol. The number of aliphatic hydroxyl groups excluding tert-OH is 1. The summed E-state index contributed by atoms with van der Waals surface area (Å²) in [4.78, 5) is 62.3. The number of hydrogen-bond donors (Lipinski definition) is 5. The molecular formula is C34H35F2N5O9S. The molecule has 2 amide bonds. The largest absolute Gasteiger partial charge is 0.480 e. The number of carbonyl (C=O) groups excluding carboxylic acids is 2. The van der Waals surface area contributed by atoms with Crippen LogP contribution in [-0.2, 0) is 33.1 Å². The highest BCUT2D eigenvalue weighted by Crippen LogP contribution is 2.25. The first kappa shape index (κ1) is 38.1. The summed E-state index contributed by atoms with van der Waals surface area (Å²) in [5.41, 5.74) is -2.28. The van der Waals surface area contributed by atoms with Crippen molar-refractivity contribution in [1.29, 1.82) is 0 Å². The lowest BCUT2D eigenvalue weighted by Crippen LogP contribution is -2.42. The van der Waals surface area contributed by atoms with Crippen LogP contribution in [0, 0.1) is 30.9 Å². The lowest BCUT2D eigenvalue weighted by molar-refractivity contribution is -0.139. The second-order valence-electron chi connectivity index (χ2n) is 12.4. The van der Waals surface area contributed by atoms with E-state index in [2.05, 4.69) is 10.6 Å². The van der Waals surface area contributed by atoms with Gasteiger partial charge in [0.25, 0.3) is 21.5 Å². The van der Waals surface area contributed by atoms with Gasteiger partial charge in [0, 0.05) is 36.5 Å². The number of hydrogen-bond acceptors (Lipinski definition) is 8. The smallest absolute Gasteiger partial charge is 0.335 e. The minimum atomic E-state index is -4.49. The molecule has 1 aromatic heterocycles. The number of aromatic nitrogens is 2. The third-order valence-corrected chi connectivity index (χ3v) is 9.65. The fourth-order valence-electron chi connectivity index (χ4n) is 4.73. The first-order chi connectivity index (χ1) is 23.8. The number of carbonyl (C=O) groups is 3. The molecule has 0 aliphatic heterocycles. The highest BCUT2D eigenvalue weighted by molar-refractivity contribution is 7.92. The van der Waals surface area contributed by atoms with Crippen molar-refractivity contribution in [2.45, 2.75) is 45.1 Å². The van der Waals surface area contributed by atoms with Crippen molar-refractivity contribution in [3.05, 3.63) is 116 Å². The van der Waals surface area contributed by atoms with Crippen LogP contribution in [0.25, 0.3) is 5.69 Å². The number of benzene rings is 3. The predicted octanol–water partition coefficient (Wildman–Crippen LogP) is 2.61. The number of rotatable bonds is 12. The van der Waals surface area contributed by atoms with Crippen molar-refractivity contribution < 1.29 is 41.8 Å². The summed E-state index contributed by atoms with van der Waals surface area (Å²) in [5.74, 6) is -6.01. The second-order valence-corrected chi connectivity index (χ2v) is 14.0. The van der Waals surface area contributed by atoms with Gasteiger partial charge < -0.3 is 25.4 Å². The quantitative estimate of drug-likeness (QED) is 0.145. The predicted molar refractivity (Wildman–Crippen MR) is 182 cm³/mol. The number of amides is 2. The SMILES string of the molecule is Cc1c(C)n(C)c(=O)n(-c2ccc(C[C@H](NC(=O)c3cc(F)c(NS(=O)(=O)c4ccc(NC(=O)C(C)(C)CO)cc4)cc3F)C(=O)O)cc2)c1=O. The number of sulfonamides is 1. The second kappa shape index (κ2) is 14.7. The van der Waals surface area contributed by atoms with Crippen LogP contribution in [0.3, 0.4) is 0 Å². The zero-order valence-corrected chi connectivity index (χ0v) is 28.9. The van der Waals surface area contributed by atoms with Crippen LogP contribution in [-0.4, -0.2) is 58.2 Å². The van der Waals surface area contributed by atoms with Crippen molar-refractivity contribution in [2.75, 3.05) is 16.6 Å². The van der Waals surface area contributed by atoms with E-state index in [0.29, 0.717) is 29.0 Å². The highest BCUT2D eigenvalue weighted by Gasteiger charge is 2.28. The number of carboxylic acid groups (broad SMARTS) is 1. The molecule has 14 nitrogen and oxygen atoms in total. The van der Waals surface area contributed by atoms with Gasteiger partial charge >= 0.3 is 11.7 Å². The molecule has 270 valence electrons. The van der Waals surface area contributed by atoms with Crippen LogP contribution >= 0.6 is 0 Å². The molecule has 0 spiro atoms.